The van der Waals surface area contributed by atoms with Crippen molar-refractivity contribution < 1.29 is 20.1 Å². The molecule has 17 heavy (non-hydrogen) atoms. The van der Waals surface area contributed by atoms with Gasteiger partial charge in [0.2, 0.25) is 0 Å². The van der Waals surface area contributed by atoms with Crippen molar-refractivity contribution >= 4 is 6.09 Å². The van der Waals surface area contributed by atoms with Crippen molar-refractivity contribution in [2.24, 2.45) is 0 Å². The predicted molar refractivity (Wildman–Crippen MR) is 60.7 cm³/mol. The second-order valence-corrected chi connectivity index (χ2v) is 4.25. The Hall–Kier alpha value is -1.59. The molecule has 1 aliphatic heterocycles. The molecule has 1 amide bonds. The molecule has 1 heterocycles. The fourth-order valence-electron chi connectivity index (χ4n) is 2.19. The Kier molecular flexibility index (Phi) is 3.31. The molecule has 1 aromatic rings. The van der Waals surface area contributed by atoms with E-state index in [-0.39, 0.29) is 6.54 Å². The van der Waals surface area contributed by atoms with Gasteiger partial charge in [-0.15, -0.1) is 0 Å². The zero-order valence-corrected chi connectivity index (χ0v) is 9.23. The zero-order valence-electron chi connectivity index (χ0n) is 9.23. The first-order valence-corrected chi connectivity index (χ1v) is 5.49. The van der Waals surface area contributed by atoms with E-state index in [4.69, 9.17) is 5.11 Å². The summed E-state index contributed by atoms with van der Waals surface area (Å²) in [5.74, 6) is 0. The molecule has 5 nitrogen and oxygen atoms in total. The Bertz CT molecular complexity index is 395. The molecule has 3 N–H and O–H groups in total. The third-order valence-electron chi connectivity index (χ3n) is 3.11. The Morgan fingerprint density at radius 2 is 1.94 bits per heavy atom. The van der Waals surface area contributed by atoms with Crippen molar-refractivity contribution in [3.63, 3.8) is 0 Å². The summed E-state index contributed by atoms with van der Waals surface area (Å²) >= 11 is 0. The van der Waals surface area contributed by atoms with Gasteiger partial charge < -0.3 is 15.3 Å². The lowest BCUT2D eigenvalue weighted by Gasteiger charge is -2.23. The van der Waals surface area contributed by atoms with E-state index in [1.165, 1.54) is 0 Å². The van der Waals surface area contributed by atoms with E-state index in [0.29, 0.717) is 6.42 Å². The maximum atomic E-state index is 11.0. The quantitative estimate of drug-likeness (QED) is 0.691. The van der Waals surface area contributed by atoms with Crippen LogP contribution >= 0.6 is 0 Å². The molecule has 0 bridgehead atoms. The van der Waals surface area contributed by atoms with Crippen molar-refractivity contribution in [3.8, 4) is 0 Å². The summed E-state index contributed by atoms with van der Waals surface area (Å²) in [6.07, 6.45) is -2.72. The van der Waals surface area contributed by atoms with Gasteiger partial charge in [0.25, 0.3) is 0 Å². The van der Waals surface area contributed by atoms with Crippen LogP contribution in [0.4, 0.5) is 4.79 Å². The molecule has 0 aromatic heterocycles. The second kappa shape index (κ2) is 4.73. The number of aliphatic hydroxyl groups is 2. The van der Waals surface area contributed by atoms with Gasteiger partial charge in [0, 0.05) is 0 Å². The molecule has 1 fully saturated rings. The molecule has 2 rings (SSSR count). The fraction of sp³-hybridized carbons (Fsp3) is 0.417. The molecule has 0 radical (unpaired) electrons. The minimum atomic E-state index is -1.11. The Morgan fingerprint density at radius 3 is 2.53 bits per heavy atom. The fourth-order valence-corrected chi connectivity index (χ4v) is 2.19. The highest BCUT2D eigenvalue weighted by Crippen LogP contribution is 2.22. The highest BCUT2D eigenvalue weighted by atomic mass is 16.4. The van der Waals surface area contributed by atoms with E-state index in [1.54, 1.807) is 0 Å². The molecular weight excluding hydrogens is 222 g/mol. The smallest absolute Gasteiger partial charge is 0.407 e. The first-order chi connectivity index (χ1) is 8.09. The summed E-state index contributed by atoms with van der Waals surface area (Å²) in [7, 11) is 0. The van der Waals surface area contributed by atoms with Gasteiger partial charge in [0.1, 0.15) is 6.10 Å². The van der Waals surface area contributed by atoms with E-state index in [2.05, 4.69) is 0 Å². The molecule has 92 valence electrons. The van der Waals surface area contributed by atoms with Crippen LogP contribution in [0.1, 0.15) is 5.56 Å². The van der Waals surface area contributed by atoms with Crippen LogP contribution in [0.25, 0.3) is 0 Å². The van der Waals surface area contributed by atoms with E-state index >= 15 is 0 Å². The molecule has 0 aliphatic carbocycles. The van der Waals surface area contributed by atoms with Crippen LogP contribution in [0.3, 0.4) is 0 Å². The molecular formula is C12H15NO4. The predicted octanol–water partition coefficient (Wildman–Crippen LogP) is 0.313. The number of amides is 1. The standard InChI is InChI=1S/C12H15NO4/c14-10-7-13(12(16)17)9(11(10)15)6-8-4-2-1-3-5-8/h1-5,9-11,14-15H,6-7H2,(H,16,17)/t9?,10-,11+/m0/s1. The topological polar surface area (TPSA) is 81.0 Å². The summed E-state index contributed by atoms with van der Waals surface area (Å²) < 4.78 is 0. The number of hydrogen-bond donors (Lipinski definition) is 3. The first-order valence-electron chi connectivity index (χ1n) is 5.49. The highest BCUT2D eigenvalue weighted by molar-refractivity contribution is 5.66. The van der Waals surface area contributed by atoms with Crippen molar-refractivity contribution in [3.05, 3.63) is 35.9 Å². The number of benzene rings is 1. The Balaban J connectivity index is 2.15. The molecule has 1 aromatic carbocycles. The van der Waals surface area contributed by atoms with Crippen molar-refractivity contribution in [1.29, 1.82) is 0 Å². The minimum absolute atomic E-state index is 0.0337. The third-order valence-corrected chi connectivity index (χ3v) is 3.11. The molecule has 1 saturated heterocycles. The molecule has 1 unspecified atom stereocenters. The van der Waals surface area contributed by atoms with Gasteiger partial charge in [-0.3, -0.25) is 4.90 Å². The van der Waals surface area contributed by atoms with Gasteiger partial charge in [-0.05, 0) is 12.0 Å². The number of nitrogens with zero attached hydrogens (tertiary/aromatic N) is 1. The summed E-state index contributed by atoms with van der Waals surface area (Å²) in [4.78, 5) is 12.1. The average molecular weight is 237 g/mol. The van der Waals surface area contributed by atoms with E-state index in [0.717, 1.165) is 10.5 Å². The molecule has 1 aliphatic rings. The zero-order chi connectivity index (χ0) is 12.4. The maximum Gasteiger partial charge on any atom is 0.407 e. The van der Waals surface area contributed by atoms with E-state index in [9.17, 15) is 15.0 Å². The number of carbonyl (C=O) groups is 1. The van der Waals surface area contributed by atoms with E-state index < -0.39 is 24.3 Å². The number of carboxylic acid groups (broad SMARTS) is 1. The lowest BCUT2D eigenvalue weighted by Crippen LogP contribution is -2.40. The minimum Gasteiger partial charge on any atom is -0.465 e. The first kappa shape index (κ1) is 11.9. The monoisotopic (exact) mass is 237 g/mol. The van der Waals surface area contributed by atoms with Gasteiger partial charge in [-0.2, -0.15) is 0 Å². The van der Waals surface area contributed by atoms with Crippen molar-refractivity contribution in [2.45, 2.75) is 24.7 Å². The van der Waals surface area contributed by atoms with Crippen LogP contribution in [0, 0.1) is 0 Å². The van der Waals surface area contributed by atoms with Crippen molar-refractivity contribution in [1.82, 2.24) is 4.90 Å². The van der Waals surface area contributed by atoms with Gasteiger partial charge >= 0.3 is 6.09 Å². The number of aliphatic hydroxyl groups excluding tert-OH is 2. The molecule has 5 heteroatoms. The van der Waals surface area contributed by atoms with Crippen LogP contribution in [-0.2, 0) is 6.42 Å². The third kappa shape index (κ3) is 2.40. The van der Waals surface area contributed by atoms with Gasteiger partial charge in [0.05, 0.1) is 18.7 Å². The molecule has 0 saturated carbocycles. The van der Waals surface area contributed by atoms with Crippen LogP contribution in [-0.4, -0.2) is 51.1 Å². The van der Waals surface area contributed by atoms with Gasteiger partial charge in [-0.25, -0.2) is 4.79 Å². The van der Waals surface area contributed by atoms with E-state index in [1.807, 2.05) is 30.3 Å². The second-order valence-electron chi connectivity index (χ2n) is 4.25. The SMILES string of the molecule is O=C(O)N1C[C@H](O)[C@H](O)C1Cc1ccccc1. The van der Waals surface area contributed by atoms with Gasteiger partial charge in [0.15, 0.2) is 0 Å². The normalized spacial score (nSPS) is 28.4. The number of rotatable bonds is 2. The summed E-state index contributed by atoms with van der Waals surface area (Å²) in [6, 6.07) is 8.76. The van der Waals surface area contributed by atoms with Crippen LogP contribution in [0.5, 0.6) is 0 Å². The Labute approximate surface area is 98.9 Å². The maximum absolute atomic E-state index is 11.0. The largest absolute Gasteiger partial charge is 0.465 e. The summed E-state index contributed by atoms with van der Waals surface area (Å²) in [5, 5.41) is 28.3. The molecule has 0 spiro atoms. The molecule has 3 atom stereocenters. The lowest BCUT2D eigenvalue weighted by molar-refractivity contribution is 0.0378. The van der Waals surface area contributed by atoms with Crippen molar-refractivity contribution in [2.75, 3.05) is 6.54 Å². The number of hydrogen-bond acceptors (Lipinski definition) is 3. The van der Waals surface area contributed by atoms with Crippen LogP contribution < -0.4 is 0 Å². The van der Waals surface area contributed by atoms with Crippen LogP contribution in [0.15, 0.2) is 30.3 Å². The summed E-state index contributed by atoms with van der Waals surface area (Å²) in [6.45, 7) is -0.0337. The lowest BCUT2D eigenvalue weighted by atomic mass is 10.0. The van der Waals surface area contributed by atoms with Crippen LogP contribution in [0.2, 0.25) is 0 Å². The highest BCUT2D eigenvalue weighted by Gasteiger charge is 2.42. The number of likely N-dealkylation sites (tertiary alicyclic amines) is 1. The number of β-amino-alcohol motifs (C(OH)–C–C–N with tert-alkyl or cyclic N) is 1. The summed E-state index contributed by atoms with van der Waals surface area (Å²) in [5.41, 5.74) is 0.942. The average Bonchev–Trinajstić information content (AvgIpc) is 2.59. The Morgan fingerprint density at radius 1 is 1.29 bits per heavy atom. The van der Waals surface area contributed by atoms with Gasteiger partial charge in [-0.1, -0.05) is 30.3 Å².